The minimum atomic E-state index is 0.0894. The van der Waals surface area contributed by atoms with Crippen LogP contribution >= 0.6 is 0 Å². The Hall–Kier alpha value is -3.60. The van der Waals surface area contributed by atoms with Crippen molar-refractivity contribution in [3.8, 4) is 5.75 Å². The molecule has 4 aromatic rings. The highest BCUT2D eigenvalue weighted by Crippen LogP contribution is 2.19. The Morgan fingerprint density at radius 2 is 1.64 bits per heavy atom. The summed E-state index contributed by atoms with van der Waals surface area (Å²) in [6.45, 7) is 4.45. The molecule has 1 N–H and O–H groups in total. The van der Waals surface area contributed by atoms with Crippen molar-refractivity contribution in [1.29, 1.82) is 0 Å². The van der Waals surface area contributed by atoms with E-state index in [9.17, 15) is 4.79 Å². The Balaban J connectivity index is 1.21. The van der Waals surface area contributed by atoms with Crippen LogP contribution in [0.15, 0.2) is 78.9 Å². The Bertz CT molecular complexity index is 1220. The highest BCUT2D eigenvalue weighted by Gasteiger charge is 2.10. The highest BCUT2D eigenvalue weighted by atomic mass is 16.5. The molecule has 1 heterocycles. The number of unbranched alkanes of at least 4 members (excludes halogenated alkanes) is 2. The Kier molecular flexibility index (Phi) is 9.54. The molecule has 0 aliphatic heterocycles. The lowest BCUT2D eigenvalue weighted by Crippen LogP contribution is -2.26. The number of aryl methyl sites for hydroxylation is 3. The van der Waals surface area contributed by atoms with Gasteiger partial charge in [0.1, 0.15) is 11.6 Å². The molecule has 0 radical (unpaired) electrons. The molecule has 0 aliphatic carbocycles. The molecule has 0 saturated heterocycles. The number of amides is 1. The van der Waals surface area contributed by atoms with Crippen molar-refractivity contribution in [2.75, 3.05) is 13.2 Å². The van der Waals surface area contributed by atoms with Gasteiger partial charge in [0.25, 0.3) is 0 Å². The van der Waals surface area contributed by atoms with Gasteiger partial charge >= 0.3 is 0 Å². The van der Waals surface area contributed by atoms with Crippen molar-refractivity contribution in [1.82, 2.24) is 14.9 Å². The van der Waals surface area contributed by atoms with E-state index < -0.39 is 0 Å². The van der Waals surface area contributed by atoms with Gasteiger partial charge < -0.3 is 14.6 Å². The van der Waals surface area contributed by atoms with Crippen LogP contribution in [0, 0.1) is 0 Å². The summed E-state index contributed by atoms with van der Waals surface area (Å²) in [5, 5.41) is 3.04. The number of rotatable bonds is 14. The molecule has 1 aromatic heterocycles. The number of hydrogen-bond donors (Lipinski definition) is 1. The molecule has 0 spiro atoms. The monoisotopic (exact) mass is 483 g/mol. The maximum absolute atomic E-state index is 12.1. The third-order valence-electron chi connectivity index (χ3n) is 6.47. The van der Waals surface area contributed by atoms with Crippen LogP contribution < -0.4 is 10.1 Å². The predicted octanol–water partition coefficient (Wildman–Crippen LogP) is 6.14. The smallest absolute Gasteiger partial charge is 0.224 e. The van der Waals surface area contributed by atoms with E-state index in [1.807, 2.05) is 36.4 Å². The molecule has 1 amide bonds. The molecule has 188 valence electrons. The lowest BCUT2D eigenvalue weighted by molar-refractivity contribution is -0.120. The molecule has 0 aliphatic rings. The fraction of sp³-hybridized carbons (Fsp3) is 0.355. The summed E-state index contributed by atoms with van der Waals surface area (Å²) in [5.74, 6) is 2.15. The Labute approximate surface area is 214 Å². The normalized spacial score (nSPS) is 11.0. The first-order valence-corrected chi connectivity index (χ1v) is 13.2. The van der Waals surface area contributed by atoms with Gasteiger partial charge in [0.2, 0.25) is 5.91 Å². The van der Waals surface area contributed by atoms with Gasteiger partial charge in [0.15, 0.2) is 0 Å². The van der Waals surface area contributed by atoms with Crippen molar-refractivity contribution in [2.24, 2.45) is 0 Å². The van der Waals surface area contributed by atoms with Crippen LogP contribution in [0.25, 0.3) is 11.0 Å². The van der Waals surface area contributed by atoms with Crippen LogP contribution in [-0.4, -0.2) is 28.6 Å². The zero-order valence-corrected chi connectivity index (χ0v) is 21.3. The third-order valence-corrected chi connectivity index (χ3v) is 6.47. The minimum Gasteiger partial charge on any atom is -0.494 e. The number of benzene rings is 3. The molecule has 0 fully saturated rings. The standard InChI is InChI=1S/C31H37N3O2/c1-2-25-17-19-27(20-18-25)36-23-11-22-34-29-15-9-8-14-28(29)33-30(34)16-7-4-10-21-32-31(35)24-26-12-5-3-6-13-26/h3,5-6,8-9,12-15,17-20H,2,4,7,10-11,16,21-24H2,1H3,(H,32,35). The van der Waals surface area contributed by atoms with Crippen molar-refractivity contribution >= 4 is 16.9 Å². The first-order chi connectivity index (χ1) is 17.7. The summed E-state index contributed by atoms with van der Waals surface area (Å²) in [7, 11) is 0. The number of carbonyl (C=O) groups excluding carboxylic acids is 1. The zero-order valence-electron chi connectivity index (χ0n) is 21.3. The van der Waals surface area contributed by atoms with Crippen molar-refractivity contribution < 1.29 is 9.53 Å². The summed E-state index contributed by atoms with van der Waals surface area (Å²) in [5.41, 5.74) is 4.62. The van der Waals surface area contributed by atoms with E-state index in [4.69, 9.17) is 9.72 Å². The van der Waals surface area contributed by atoms with Gasteiger partial charge in [0, 0.05) is 19.5 Å². The summed E-state index contributed by atoms with van der Waals surface area (Å²) in [6, 6.07) is 26.6. The Morgan fingerprint density at radius 3 is 2.44 bits per heavy atom. The van der Waals surface area contributed by atoms with E-state index in [1.54, 1.807) is 0 Å². The maximum atomic E-state index is 12.1. The van der Waals surface area contributed by atoms with Crippen molar-refractivity contribution in [3.63, 3.8) is 0 Å². The number of carbonyl (C=O) groups is 1. The molecule has 0 saturated carbocycles. The first kappa shape index (κ1) is 25.5. The van der Waals surface area contributed by atoms with Crippen LogP contribution in [0.1, 0.15) is 49.6 Å². The number of nitrogens with one attached hydrogen (secondary N) is 1. The van der Waals surface area contributed by atoms with Crippen LogP contribution in [0.4, 0.5) is 0 Å². The van der Waals surface area contributed by atoms with Crippen LogP contribution in [0.2, 0.25) is 0 Å². The number of nitrogens with zero attached hydrogens (tertiary/aromatic N) is 2. The molecule has 0 unspecified atom stereocenters. The SMILES string of the molecule is CCc1ccc(OCCCn2c(CCCCCNC(=O)Cc3ccccc3)nc3ccccc32)cc1. The van der Waals surface area contributed by atoms with Gasteiger partial charge in [-0.05, 0) is 61.1 Å². The molecule has 0 bridgehead atoms. The van der Waals surface area contributed by atoms with Gasteiger partial charge in [-0.2, -0.15) is 0 Å². The van der Waals surface area contributed by atoms with E-state index in [1.165, 1.54) is 11.1 Å². The minimum absolute atomic E-state index is 0.0894. The molecule has 4 rings (SSSR count). The van der Waals surface area contributed by atoms with E-state index in [2.05, 4.69) is 59.3 Å². The summed E-state index contributed by atoms with van der Waals surface area (Å²) in [6.07, 6.45) is 6.44. The van der Waals surface area contributed by atoms with Crippen LogP contribution in [-0.2, 0) is 30.6 Å². The van der Waals surface area contributed by atoms with Gasteiger partial charge in [-0.3, -0.25) is 4.79 Å². The lowest BCUT2D eigenvalue weighted by atomic mass is 10.1. The molecule has 36 heavy (non-hydrogen) atoms. The number of aromatic nitrogens is 2. The van der Waals surface area contributed by atoms with E-state index in [0.29, 0.717) is 13.0 Å². The first-order valence-electron chi connectivity index (χ1n) is 13.2. The largest absolute Gasteiger partial charge is 0.494 e. The average Bonchev–Trinajstić information content (AvgIpc) is 3.26. The lowest BCUT2D eigenvalue weighted by Gasteiger charge is -2.11. The Morgan fingerprint density at radius 1 is 0.861 bits per heavy atom. The van der Waals surface area contributed by atoms with Crippen molar-refractivity contribution in [2.45, 2.75) is 58.4 Å². The molecule has 3 aromatic carbocycles. The highest BCUT2D eigenvalue weighted by molar-refractivity contribution is 5.78. The predicted molar refractivity (Wildman–Crippen MR) is 146 cm³/mol. The molecule has 5 heteroatoms. The number of ether oxygens (including phenoxy) is 1. The molecular formula is C31H37N3O2. The summed E-state index contributed by atoms with van der Waals surface area (Å²) in [4.78, 5) is 17.0. The average molecular weight is 484 g/mol. The number of imidazole rings is 1. The second-order valence-electron chi connectivity index (χ2n) is 9.19. The van der Waals surface area contributed by atoms with Crippen molar-refractivity contribution in [3.05, 3.63) is 95.8 Å². The van der Waals surface area contributed by atoms with Gasteiger partial charge in [-0.15, -0.1) is 0 Å². The summed E-state index contributed by atoms with van der Waals surface area (Å²) < 4.78 is 8.32. The van der Waals surface area contributed by atoms with Crippen LogP contribution in [0.5, 0.6) is 5.75 Å². The number of para-hydroxylation sites is 2. The van der Waals surface area contributed by atoms with E-state index in [-0.39, 0.29) is 5.91 Å². The zero-order chi connectivity index (χ0) is 25.0. The topological polar surface area (TPSA) is 56.1 Å². The van der Waals surface area contributed by atoms with Gasteiger partial charge in [0.05, 0.1) is 24.1 Å². The van der Waals surface area contributed by atoms with Gasteiger partial charge in [-0.1, -0.05) is 67.9 Å². The molecule has 0 atom stereocenters. The molecule has 5 nitrogen and oxygen atoms in total. The third kappa shape index (κ3) is 7.45. The number of fused-ring (bicyclic) bond motifs is 1. The van der Waals surface area contributed by atoms with Crippen LogP contribution in [0.3, 0.4) is 0 Å². The van der Waals surface area contributed by atoms with Gasteiger partial charge in [-0.25, -0.2) is 4.98 Å². The van der Waals surface area contributed by atoms with E-state index in [0.717, 1.165) is 74.3 Å². The fourth-order valence-electron chi connectivity index (χ4n) is 4.46. The fourth-order valence-corrected chi connectivity index (χ4v) is 4.46. The quantitative estimate of drug-likeness (QED) is 0.219. The number of hydrogen-bond acceptors (Lipinski definition) is 3. The molecular weight excluding hydrogens is 446 g/mol. The summed E-state index contributed by atoms with van der Waals surface area (Å²) >= 11 is 0. The second-order valence-corrected chi connectivity index (χ2v) is 9.19. The maximum Gasteiger partial charge on any atom is 0.224 e. The second kappa shape index (κ2) is 13.5. The van der Waals surface area contributed by atoms with E-state index >= 15 is 0 Å².